The van der Waals surface area contributed by atoms with E-state index in [1.54, 1.807) is 25.3 Å². The first-order valence-electron chi connectivity index (χ1n) is 12.2. The summed E-state index contributed by atoms with van der Waals surface area (Å²) in [5.74, 6) is 1.83. The lowest BCUT2D eigenvalue weighted by Crippen LogP contribution is -2.54. The summed E-state index contributed by atoms with van der Waals surface area (Å²) in [5.41, 5.74) is 2.58. The Morgan fingerprint density at radius 2 is 1.60 bits per heavy atom. The Morgan fingerprint density at radius 3 is 2.17 bits per heavy atom. The molecule has 7 heteroatoms. The number of carbonyl (C=O) groups is 3. The van der Waals surface area contributed by atoms with Crippen molar-refractivity contribution in [3.05, 3.63) is 63.6 Å². The molecular weight excluding hydrogens is 508 g/mol. The minimum Gasteiger partial charge on any atom is -0.496 e. The summed E-state index contributed by atoms with van der Waals surface area (Å²) >= 11 is 3.42. The van der Waals surface area contributed by atoms with Crippen LogP contribution in [0.25, 0.3) is 6.08 Å². The van der Waals surface area contributed by atoms with Gasteiger partial charge in [-0.3, -0.25) is 14.9 Å². The topological polar surface area (TPSA) is 75.7 Å². The number of ether oxygens (including phenoxy) is 1. The molecule has 4 aliphatic carbocycles. The third-order valence-electron chi connectivity index (χ3n) is 8.36. The molecule has 7 rings (SSSR count). The van der Waals surface area contributed by atoms with Crippen molar-refractivity contribution in [1.29, 1.82) is 0 Å². The number of anilines is 1. The molecule has 5 aliphatic rings. The van der Waals surface area contributed by atoms with Gasteiger partial charge in [0.2, 0.25) is 0 Å². The van der Waals surface area contributed by atoms with E-state index in [-0.39, 0.29) is 11.0 Å². The van der Waals surface area contributed by atoms with Crippen molar-refractivity contribution in [2.24, 2.45) is 17.8 Å². The van der Waals surface area contributed by atoms with Crippen LogP contribution >= 0.6 is 15.9 Å². The van der Waals surface area contributed by atoms with E-state index in [4.69, 9.17) is 4.74 Å². The van der Waals surface area contributed by atoms with Gasteiger partial charge in [-0.2, -0.15) is 0 Å². The van der Waals surface area contributed by atoms with Crippen molar-refractivity contribution in [3.8, 4) is 5.75 Å². The van der Waals surface area contributed by atoms with Crippen LogP contribution in [0.1, 0.15) is 49.7 Å². The van der Waals surface area contributed by atoms with Crippen LogP contribution in [0.15, 0.2) is 52.5 Å². The average molecular weight is 535 g/mol. The van der Waals surface area contributed by atoms with Gasteiger partial charge in [0.25, 0.3) is 11.8 Å². The average Bonchev–Trinajstić information content (AvgIpc) is 2.81. The second kappa shape index (κ2) is 8.33. The van der Waals surface area contributed by atoms with Gasteiger partial charge in [0.1, 0.15) is 11.3 Å². The van der Waals surface area contributed by atoms with Crippen molar-refractivity contribution in [2.75, 3.05) is 12.0 Å². The summed E-state index contributed by atoms with van der Waals surface area (Å²) in [5, 5.41) is 2.31. The predicted octanol–water partition coefficient (Wildman–Crippen LogP) is 5.59. The van der Waals surface area contributed by atoms with Crippen molar-refractivity contribution < 1.29 is 19.1 Å². The molecule has 1 N–H and O–H groups in total. The molecule has 5 fully saturated rings. The molecule has 0 radical (unpaired) electrons. The number of halogens is 1. The fraction of sp³-hybridized carbons (Fsp3) is 0.393. The number of nitrogens with one attached hydrogen (secondary N) is 1. The van der Waals surface area contributed by atoms with Crippen LogP contribution in [-0.4, -0.2) is 25.0 Å². The summed E-state index contributed by atoms with van der Waals surface area (Å²) in [6, 6.07) is 12.4. The van der Waals surface area contributed by atoms with E-state index in [2.05, 4.69) is 33.4 Å². The number of urea groups is 1. The number of benzene rings is 2. The summed E-state index contributed by atoms with van der Waals surface area (Å²) < 4.78 is 5.94. The van der Waals surface area contributed by atoms with E-state index < -0.39 is 17.8 Å². The molecule has 2 aromatic rings. The minimum absolute atomic E-state index is 0.0909. The molecule has 0 spiro atoms. The molecular formula is C28H27BrN2O4. The molecule has 6 nitrogen and oxygen atoms in total. The lowest BCUT2D eigenvalue weighted by molar-refractivity contribution is -0.122. The van der Waals surface area contributed by atoms with Crippen molar-refractivity contribution in [1.82, 2.24) is 5.32 Å². The normalized spacial score (nSPS) is 30.7. The van der Waals surface area contributed by atoms with E-state index >= 15 is 0 Å². The Bertz CT molecular complexity index is 1230. The Hall–Kier alpha value is -2.93. The predicted molar refractivity (Wildman–Crippen MR) is 136 cm³/mol. The van der Waals surface area contributed by atoms with Crippen LogP contribution in [0.2, 0.25) is 0 Å². The highest BCUT2D eigenvalue weighted by molar-refractivity contribution is 9.10. The van der Waals surface area contributed by atoms with Crippen LogP contribution in [-0.2, 0) is 15.0 Å². The molecule has 1 aliphatic heterocycles. The highest BCUT2D eigenvalue weighted by Gasteiger charge is 2.51. The fourth-order valence-corrected chi connectivity index (χ4v) is 7.82. The van der Waals surface area contributed by atoms with Gasteiger partial charge < -0.3 is 4.74 Å². The zero-order chi connectivity index (χ0) is 24.3. The van der Waals surface area contributed by atoms with Crippen LogP contribution in [0, 0.1) is 17.8 Å². The Kier molecular flexibility index (Phi) is 5.36. The van der Waals surface area contributed by atoms with Crippen molar-refractivity contribution in [2.45, 2.75) is 43.9 Å². The highest BCUT2D eigenvalue weighted by atomic mass is 79.9. The number of hydrogen-bond donors (Lipinski definition) is 1. The Morgan fingerprint density at radius 1 is 0.971 bits per heavy atom. The van der Waals surface area contributed by atoms with E-state index in [0.29, 0.717) is 21.5 Å². The van der Waals surface area contributed by atoms with Gasteiger partial charge in [0.15, 0.2) is 0 Å². The van der Waals surface area contributed by atoms with E-state index in [1.165, 1.54) is 50.2 Å². The molecule has 2 aromatic carbocycles. The molecule has 35 heavy (non-hydrogen) atoms. The zero-order valence-electron chi connectivity index (χ0n) is 19.6. The number of amides is 4. The lowest BCUT2D eigenvalue weighted by atomic mass is 9.48. The van der Waals surface area contributed by atoms with Gasteiger partial charge in [-0.1, -0.05) is 18.2 Å². The lowest BCUT2D eigenvalue weighted by Gasteiger charge is -2.57. The molecule has 1 heterocycles. The largest absolute Gasteiger partial charge is 0.496 e. The summed E-state index contributed by atoms with van der Waals surface area (Å²) in [6.07, 6.45) is 9.39. The number of methoxy groups -OCH3 is 1. The van der Waals surface area contributed by atoms with Gasteiger partial charge in [-0.25, -0.2) is 9.69 Å². The van der Waals surface area contributed by atoms with Crippen molar-refractivity contribution >= 4 is 45.5 Å². The molecule has 180 valence electrons. The molecule has 4 saturated carbocycles. The standard InChI is InChI=1S/C28H27BrN2O4/c1-35-24-7-2-16(12-23(24)29)11-22-25(32)30-27(34)31(26(22)33)21-5-3-20(4-6-21)28-13-17-8-18(14-28)10-19(9-17)15-28/h2-7,11-12,17-19H,8-10,13-15H2,1H3,(H,30,32,34)/b22-11+. The molecule has 4 amide bonds. The van der Waals surface area contributed by atoms with Crippen LogP contribution in [0.5, 0.6) is 5.75 Å². The van der Waals surface area contributed by atoms with Crippen LogP contribution < -0.4 is 15.0 Å². The number of rotatable bonds is 4. The van der Waals surface area contributed by atoms with Crippen LogP contribution in [0.4, 0.5) is 10.5 Å². The second-order valence-electron chi connectivity index (χ2n) is 10.6. The van der Waals surface area contributed by atoms with Gasteiger partial charge in [-0.05, 0) is 119 Å². The van der Waals surface area contributed by atoms with E-state index in [0.717, 1.165) is 22.7 Å². The maximum atomic E-state index is 13.3. The van der Waals surface area contributed by atoms with Gasteiger partial charge in [0.05, 0.1) is 17.3 Å². The number of hydrogen-bond acceptors (Lipinski definition) is 4. The van der Waals surface area contributed by atoms with E-state index in [1.807, 2.05) is 12.1 Å². The molecule has 0 aromatic heterocycles. The second-order valence-corrected chi connectivity index (χ2v) is 11.5. The van der Waals surface area contributed by atoms with Crippen LogP contribution in [0.3, 0.4) is 0 Å². The monoisotopic (exact) mass is 534 g/mol. The molecule has 1 saturated heterocycles. The van der Waals surface area contributed by atoms with Gasteiger partial charge >= 0.3 is 6.03 Å². The number of carbonyl (C=O) groups excluding carboxylic acids is 3. The third-order valence-corrected chi connectivity index (χ3v) is 8.98. The first kappa shape index (κ1) is 22.5. The van der Waals surface area contributed by atoms with Gasteiger partial charge in [-0.15, -0.1) is 0 Å². The highest BCUT2D eigenvalue weighted by Crippen LogP contribution is 2.60. The zero-order valence-corrected chi connectivity index (χ0v) is 21.1. The summed E-state index contributed by atoms with van der Waals surface area (Å²) in [4.78, 5) is 39.6. The molecule has 4 bridgehead atoms. The summed E-state index contributed by atoms with van der Waals surface area (Å²) in [7, 11) is 1.56. The smallest absolute Gasteiger partial charge is 0.335 e. The number of imide groups is 2. The summed E-state index contributed by atoms with van der Waals surface area (Å²) in [6.45, 7) is 0. The van der Waals surface area contributed by atoms with Crippen molar-refractivity contribution in [3.63, 3.8) is 0 Å². The SMILES string of the molecule is COc1ccc(/C=C2\C(=O)NC(=O)N(c3ccc(C45CC6CC(CC(C6)C4)C5)cc3)C2=O)cc1Br. The third kappa shape index (κ3) is 3.80. The fourth-order valence-electron chi connectivity index (χ4n) is 7.26. The maximum absolute atomic E-state index is 13.3. The molecule has 0 atom stereocenters. The minimum atomic E-state index is -0.726. The Balaban J connectivity index is 1.28. The number of barbiturate groups is 1. The molecule has 0 unspecified atom stereocenters. The quantitative estimate of drug-likeness (QED) is 0.409. The number of nitrogens with zero attached hydrogens (tertiary/aromatic N) is 1. The Labute approximate surface area is 212 Å². The van der Waals surface area contributed by atoms with E-state index in [9.17, 15) is 14.4 Å². The van der Waals surface area contributed by atoms with Gasteiger partial charge in [0, 0.05) is 0 Å². The maximum Gasteiger partial charge on any atom is 0.335 e. The first-order chi connectivity index (χ1) is 16.8. The first-order valence-corrected chi connectivity index (χ1v) is 13.0.